The molecule has 2 N–H and O–H groups in total. The molecule has 0 fully saturated rings. The Morgan fingerprint density at radius 3 is 2.76 bits per heavy atom. The number of rotatable bonds is 7. The Morgan fingerprint density at radius 1 is 1.31 bits per heavy atom. The molecule has 0 atom stereocenters. The first-order valence-corrected chi connectivity index (χ1v) is 10.3. The first kappa shape index (κ1) is 21.1. The van der Waals surface area contributed by atoms with E-state index in [2.05, 4.69) is 26.1 Å². The standard InChI is InChI=1S/C19H19BrFN5O2S/c1-25(10-12-7-8-16(28-2)15(21)9-12)17(27)11-29-19-24-23-18(26(19)22)13-5-3-4-6-14(13)20/h3-9H,10-11,22H2,1-2H3. The highest BCUT2D eigenvalue weighted by atomic mass is 79.9. The summed E-state index contributed by atoms with van der Waals surface area (Å²) in [7, 11) is 3.06. The number of hydrogen-bond acceptors (Lipinski definition) is 6. The fraction of sp³-hybridized carbons (Fsp3) is 0.211. The number of halogens is 2. The van der Waals surface area contributed by atoms with Gasteiger partial charge in [-0.15, -0.1) is 10.2 Å². The smallest absolute Gasteiger partial charge is 0.233 e. The lowest BCUT2D eigenvalue weighted by molar-refractivity contribution is -0.127. The number of nitrogens with zero attached hydrogens (tertiary/aromatic N) is 4. The van der Waals surface area contributed by atoms with E-state index in [4.69, 9.17) is 10.6 Å². The van der Waals surface area contributed by atoms with Crippen LogP contribution in [-0.2, 0) is 11.3 Å². The van der Waals surface area contributed by atoms with E-state index in [0.29, 0.717) is 16.5 Å². The molecule has 0 bridgehead atoms. The third kappa shape index (κ3) is 4.88. The van der Waals surface area contributed by atoms with Crippen LogP contribution in [0.15, 0.2) is 52.1 Å². The van der Waals surface area contributed by atoms with E-state index in [0.717, 1.165) is 10.0 Å². The van der Waals surface area contributed by atoms with Crippen molar-refractivity contribution in [3.05, 3.63) is 58.3 Å². The maximum Gasteiger partial charge on any atom is 0.233 e. The highest BCUT2D eigenvalue weighted by Gasteiger charge is 2.17. The summed E-state index contributed by atoms with van der Waals surface area (Å²) in [5.41, 5.74) is 1.47. The molecule has 29 heavy (non-hydrogen) atoms. The summed E-state index contributed by atoms with van der Waals surface area (Å²) in [5, 5.41) is 8.62. The average Bonchev–Trinajstić information content (AvgIpc) is 3.07. The lowest BCUT2D eigenvalue weighted by Gasteiger charge is -2.17. The summed E-state index contributed by atoms with van der Waals surface area (Å²) in [6.45, 7) is 0.276. The second-order valence-corrected chi connectivity index (χ2v) is 7.96. The van der Waals surface area contributed by atoms with E-state index in [1.807, 2.05) is 24.3 Å². The third-order valence-electron chi connectivity index (χ3n) is 4.17. The van der Waals surface area contributed by atoms with E-state index >= 15 is 0 Å². The molecule has 0 aliphatic carbocycles. The Labute approximate surface area is 180 Å². The van der Waals surface area contributed by atoms with Crippen LogP contribution in [-0.4, -0.2) is 45.6 Å². The summed E-state index contributed by atoms with van der Waals surface area (Å²) in [6, 6.07) is 12.1. The molecule has 10 heteroatoms. The number of carbonyl (C=O) groups excluding carboxylic acids is 1. The molecule has 1 aromatic heterocycles. The second-order valence-electron chi connectivity index (χ2n) is 6.16. The SMILES string of the molecule is COc1ccc(CN(C)C(=O)CSc2nnc(-c3ccccc3Br)n2N)cc1F. The highest BCUT2D eigenvalue weighted by molar-refractivity contribution is 9.10. The summed E-state index contributed by atoms with van der Waals surface area (Å²) in [4.78, 5) is 14.0. The Kier molecular flexibility index (Phi) is 6.75. The third-order valence-corrected chi connectivity index (χ3v) is 5.79. The summed E-state index contributed by atoms with van der Waals surface area (Å²) >= 11 is 4.65. The van der Waals surface area contributed by atoms with Crippen LogP contribution in [0.1, 0.15) is 5.56 Å². The molecular weight excluding hydrogens is 461 g/mol. The number of methoxy groups -OCH3 is 1. The minimum absolute atomic E-state index is 0.125. The lowest BCUT2D eigenvalue weighted by atomic mass is 10.2. The predicted molar refractivity (Wildman–Crippen MR) is 113 cm³/mol. The minimum Gasteiger partial charge on any atom is -0.494 e. The van der Waals surface area contributed by atoms with Gasteiger partial charge in [0.25, 0.3) is 0 Å². The van der Waals surface area contributed by atoms with Crippen LogP contribution in [0.3, 0.4) is 0 Å². The van der Waals surface area contributed by atoms with Gasteiger partial charge in [0, 0.05) is 23.6 Å². The van der Waals surface area contributed by atoms with Crippen molar-refractivity contribution in [1.29, 1.82) is 0 Å². The molecule has 0 aliphatic heterocycles. The fourth-order valence-corrected chi connectivity index (χ4v) is 3.87. The van der Waals surface area contributed by atoms with Gasteiger partial charge in [-0.1, -0.05) is 45.9 Å². The van der Waals surface area contributed by atoms with Gasteiger partial charge in [-0.05, 0) is 29.8 Å². The molecule has 0 saturated carbocycles. The van der Waals surface area contributed by atoms with Crippen LogP contribution in [0.25, 0.3) is 11.4 Å². The molecule has 3 rings (SSSR count). The van der Waals surface area contributed by atoms with Gasteiger partial charge in [0.2, 0.25) is 11.1 Å². The predicted octanol–water partition coefficient (Wildman–Crippen LogP) is 3.32. The van der Waals surface area contributed by atoms with Crippen LogP contribution in [0, 0.1) is 5.82 Å². The van der Waals surface area contributed by atoms with Gasteiger partial charge < -0.3 is 15.5 Å². The van der Waals surface area contributed by atoms with Gasteiger partial charge in [-0.25, -0.2) is 9.07 Å². The summed E-state index contributed by atoms with van der Waals surface area (Å²) < 4.78 is 20.9. The number of carbonyl (C=O) groups is 1. The zero-order valence-electron chi connectivity index (χ0n) is 15.8. The van der Waals surface area contributed by atoms with Crippen LogP contribution >= 0.6 is 27.7 Å². The number of ether oxygens (including phenoxy) is 1. The van der Waals surface area contributed by atoms with Gasteiger partial charge in [0.1, 0.15) is 0 Å². The average molecular weight is 480 g/mol. The number of nitrogen functional groups attached to an aromatic ring is 1. The first-order valence-electron chi connectivity index (χ1n) is 8.55. The van der Waals surface area contributed by atoms with Gasteiger partial charge >= 0.3 is 0 Å². The van der Waals surface area contributed by atoms with Crippen molar-refractivity contribution in [2.24, 2.45) is 0 Å². The van der Waals surface area contributed by atoms with Crippen LogP contribution in [0.2, 0.25) is 0 Å². The molecule has 0 radical (unpaired) electrons. The van der Waals surface area contributed by atoms with Crippen LogP contribution in [0.5, 0.6) is 5.75 Å². The van der Waals surface area contributed by atoms with E-state index in [1.165, 1.54) is 40.6 Å². The maximum absolute atomic E-state index is 13.8. The Bertz CT molecular complexity index is 1030. The molecule has 0 aliphatic rings. The number of amides is 1. The molecule has 0 unspecified atom stereocenters. The Morgan fingerprint density at radius 2 is 2.07 bits per heavy atom. The van der Waals surface area contributed by atoms with Crippen molar-refractivity contribution in [3.8, 4) is 17.1 Å². The van der Waals surface area contributed by atoms with Gasteiger partial charge in [-0.2, -0.15) is 0 Å². The fourth-order valence-electron chi connectivity index (χ4n) is 2.61. The maximum atomic E-state index is 13.8. The summed E-state index contributed by atoms with van der Waals surface area (Å²) in [6.07, 6.45) is 0. The van der Waals surface area contributed by atoms with Crippen molar-refractivity contribution < 1.29 is 13.9 Å². The molecule has 0 spiro atoms. The van der Waals surface area contributed by atoms with Crippen molar-refractivity contribution in [2.45, 2.75) is 11.7 Å². The zero-order valence-corrected chi connectivity index (χ0v) is 18.2. The molecule has 1 amide bonds. The molecule has 1 heterocycles. The van der Waals surface area contributed by atoms with Crippen molar-refractivity contribution in [1.82, 2.24) is 19.8 Å². The Hall–Kier alpha value is -2.59. The number of aromatic nitrogens is 3. The molecule has 152 valence electrons. The molecule has 3 aromatic rings. The van der Waals surface area contributed by atoms with Gasteiger partial charge in [-0.3, -0.25) is 4.79 Å². The van der Waals surface area contributed by atoms with Crippen LogP contribution < -0.4 is 10.6 Å². The molecular formula is C19H19BrFN5O2S. The second kappa shape index (κ2) is 9.27. The first-order chi connectivity index (χ1) is 13.9. The normalized spacial score (nSPS) is 10.8. The van der Waals surface area contributed by atoms with Crippen molar-refractivity contribution in [2.75, 3.05) is 25.8 Å². The molecule has 2 aromatic carbocycles. The van der Waals surface area contributed by atoms with E-state index in [-0.39, 0.29) is 24.0 Å². The van der Waals surface area contributed by atoms with Gasteiger partial charge in [0.15, 0.2) is 17.4 Å². The molecule has 0 saturated heterocycles. The number of nitrogens with two attached hydrogens (primary N) is 1. The lowest BCUT2D eigenvalue weighted by Crippen LogP contribution is -2.28. The van der Waals surface area contributed by atoms with Crippen molar-refractivity contribution in [3.63, 3.8) is 0 Å². The van der Waals surface area contributed by atoms with E-state index < -0.39 is 5.82 Å². The minimum atomic E-state index is -0.462. The van der Waals surface area contributed by atoms with E-state index in [9.17, 15) is 9.18 Å². The largest absolute Gasteiger partial charge is 0.494 e. The van der Waals surface area contributed by atoms with Crippen molar-refractivity contribution >= 4 is 33.6 Å². The summed E-state index contributed by atoms with van der Waals surface area (Å²) in [5.74, 6) is 6.29. The monoisotopic (exact) mass is 479 g/mol. The zero-order chi connectivity index (χ0) is 21.0. The van der Waals surface area contributed by atoms with Crippen LogP contribution in [0.4, 0.5) is 4.39 Å². The topological polar surface area (TPSA) is 86.3 Å². The van der Waals surface area contributed by atoms with E-state index in [1.54, 1.807) is 13.1 Å². The molecule has 7 nitrogen and oxygen atoms in total. The highest BCUT2D eigenvalue weighted by Crippen LogP contribution is 2.28. The number of thioether (sulfide) groups is 1. The quantitative estimate of drug-likeness (QED) is 0.413. The number of benzene rings is 2. The van der Waals surface area contributed by atoms with Gasteiger partial charge in [0.05, 0.1) is 12.9 Å². The Balaban J connectivity index is 1.62. The number of hydrogen-bond donors (Lipinski definition) is 1.